The van der Waals surface area contributed by atoms with E-state index in [4.69, 9.17) is 5.73 Å². The standard InChI is InChI=1S/C16H18N4/c17-14-9-15(20-16(19-14)10-5-6-10)18-13-7-11-3-1-2-4-12(11)8-13/h1-4,9-10,13H,5-8H2,(H3,17,18,19,20). The molecule has 102 valence electrons. The zero-order valence-electron chi connectivity index (χ0n) is 11.3. The van der Waals surface area contributed by atoms with E-state index in [0.29, 0.717) is 17.8 Å². The molecule has 1 heterocycles. The van der Waals surface area contributed by atoms with Gasteiger partial charge in [0, 0.05) is 18.0 Å². The van der Waals surface area contributed by atoms with Crippen LogP contribution < -0.4 is 11.1 Å². The van der Waals surface area contributed by atoms with Gasteiger partial charge in [-0.3, -0.25) is 0 Å². The number of hydrogen-bond donors (Lipinski definition) is 2. The number of aromatic nitrogens is 2. The third-order valence-corrected chi connectivity index (χ3v) is 4.11. The molecule has 1 saturated carbocycles. The SMILES string of the molecule is Nc1cc(NC2Cc3ccccc3C2)nc(C2CC2)n1. The van der Waals surface area contributed by atoms with Crippen LogP contribution in [0.25, 0.3) is 0 Å². The van der Waals surface area contributed by atoms with Crippen molar-refractivity contribution in [1.29, 1.82) is 0 Å². The van der Waals surface area contributed by atoms with Gasteiger partial charge in [-0.05, 0) is 36.8 Å². The first kappa shape index (κ1) is 11.7. The highest BCUT2D eigenvalue weighted by molar-refractivity contribution is 5.48. The van der Waals surface area contributed by atoms with Crippen LogP contribution in [0.15, 0.2) is 30.3 Å². The van der Waals surface area contributed by atoms with Crippen LogP contribution in [0.4, 0.5) is 11.6 Å². The molecule has 4 rings (SSSR count). The molecule has 0 radical (unpaired) electrons. The summed E-state index contributed by atoms with van der Waals surface area (Å²) in [7, 11) is 0. The van der Waals surface area contributed by atoms with Crippen molar-refractivity contribution >= 4 is 11.6 Å². The fourth-order valence-electron chi connectivity index (χ4n) is 2.95. The minimum Gasteiger partial charge on any atom is -0.384 e. The smallest absolute Gasteiger partial charge is 0.136 e. The number of fused-ring (bicyclic) bond motifs is 1. The number of nitrogens with zero attached hydrogens (tertiary/aromatic N) is 2. The summed E-state index contributed by atoms with van der Waals surface area (Å²) in [6.45, 7) is 0. The number of benzene rings is 1. The molecule has 1 fully saturated rings. The first-order chi connectivity index (χ1) is 9.78. The molecule has 1 aromatic carbocycles. The second kappa shape index (κ2) is 4.47. The number of anilines is 2. The molecule has 20 heavy (non-hydrogen) atoms. The normalized spacial score (nSPS) is 18.0. The highest BCUT2D eigenvalue weighted by Crippen LogP contribution is 2.38. The summed E-state index contributed by atoms with van der Waals surface area (Å²) < 4.78 is 0. The van der Waals surface area contributed by atoms with Gasteiger partial charge in [-0.2, -0.15) is 0 Å². The fourth-order valence-corrected chi connectivity index (χ4v) is 2.95. The average molecular weight is 266 g/mol. The van der Waals surface area contributed by atoms with E-state index in [1.807, 2.05) is 6.07 Å². The van der Waals surface area contributed by atoms with Crippen molar-refractivity contribution in [2.75, 3.05) is 11.1 Å². The molecule has 1 aromatic heterocycles. The van der Waals surface area contributed by atoms with Crippen LogP contribution in [0.1, 0.15) is 35.7 Å². The number of nitrogens with two attached hydrogens (primary N) is 1. The highest BCUT2D eigenvalue weighted by atomic mass is 15.1. The van der Waals surface area contributed by atoms with E-state index in [9.17, 15) is 0 Å². The summed E-state index contributed by atoms with van der Waals surface area (Å²) in [5.41, 5.74) is 8.77. The van der Waals surface area contributed by atoms with Gasteiger partial charge in [0.1, 0.15) is 17.5 Å². The molecule has 3 N–H and O–H groups in total. The predicted molar refractivity (Wildman–Crippen MR) is 79.7 cm³/mol. The Kier molecular flexibility index (Phi) is 2.62. The Labute approximate surface area is 118 Å². The molecule has 4 heteroatoms. The second-order valence-corrected chi connectivity index (χ2v) is 5.83. The van der Waals surface area contributed by atoms with Gasteiger partial charge in [0.05, 0.1) is 0 Å². The molecule has 0 spiro atoms. The van der Waals surface area contributed by atoms with Gasteiger partial charge in [-0.1, -0.05) is 24.3 Å². The molecule has 0 saturated heterocycles. The first-order valence-corrected chi connectivity index (χ1v) is 7.26. The van der Waals surface area contributed by atoms with Crippen molar-refractivity contribution in [3.8, 4) is 0 Å². The van der Waals surface area contributed by atoms with Crippen LogP contribution in [0.3, 0.4) is 0 Å². The predicted octanol–water partition coefficient (Wildman–Crippen LogP) is 2.52. The maximum Gasteiger partial charge on any atom is 0.136 e. The van der Waals surface area contributed by atoms with Crippen molar-refractivity contribution in [2.45, 2.75) is 37.6 Å². The van der Waals surface area contributed by atoms with Crippen molar-refractivity contribution in [2.24, 2.45) is 0 Å². The zero-order valence-corrected chi connectivity index (χ0v) is 11.3. The van der Waals surface area contributed by atoms with Crippen molar-refractivity contribution in [3.63, 3.8) is 0 Å². The lowest BCUT2D eigenvalue weighted by molar-refractivity contribution is 0.764. The number of nitrogens with one attached hydrogen (secondary N) is 1. The fraction of sp³-hybridized carbons (Fsp3) is 0.375. The van der Waals surface area contributed by atoms with Gasteiger partial charge in [-0.25, -0.2) is 9.97 Å². The second-order valence-electron chi connectivity index (χ2n) is 5.83. The Morgan fingerprint density at radius 1 is 1.05 bits per heavy atom. The quantitative estimate of drug-likeness (QED) is 0.896. The van der Waals surface area contributed by atoms with E-state index in [1.54, 1.807) is 0 Å². The summed E-state index contributed by atoms with van der Waals surface area (Å²) >= 11 is 0. The Morgan fingerprint density at radius 3 is 2.40 bits per heavy atom. The largest absolute Gasteiger partial charge is 0.384 e. The van der Waals surface area contributed by atoms with Gasteiger partial charge in [0.15, 0.2) is 0 Å². The lowest BCUT2D eigenvalue weighted by Gasteiger charge is -2.13. The maximum atomic E-state index is 5.89. The Morgan fingerprint density at radius 2 is 1.75 bits per heavy atom. The topological polar surface area (TPSA) is 63.8 Å². The first-order valence-electron chi connectivity index (χ1n) is 7.26. The summed E-state index contributed by atoms with van der Waals surface area (Å²) in [6.07, 6.45) is 4.49. The minimum absolute atomic E-state index is 0.411. The van der Waals surface area contributed by atoms with Gasteiger partial charge in [0.25, 0.3) is 0 Å². The third kappa shape index (κ3) is 2.22. The van der Waals surface area contributed by atoms with Crippen LogP contribution in [0.5, 0.6) is 0 Å². The molecule has 0 atom stereocenters. The van der Waals surface area contributed by atoms with E-state index >= 15 is 0 Å². The maximum absolute atomic E-state index is 5.89. The van der Waals surface area contributed by atoms with Crippen LogP contribution in [-0.4, -0.2) is 16.0 Å². The van der Waals surface area contributed by atoms with Crippen molar-refractivity contribution in [3.05, 3.63) is 47.3 Å². The average Bonchev–Trinajstić information content (AvgIpc) is 3.19. The molecule has 2 aromatic rings. The molecule has 0 bridgehead atoms. The van der Waals surface area contributed by atoms with Gasteiger partial charge in [0.2, 0.25) is 0 Å². The Hall–Kier alpha value is -2.10. The number of hydrogen-bond acceptors (Lipinski definition) is 4. The third-order valence-electron chi connectivity index (χ3n) is 4.11. The zero-order chi connectivity index (χ0) is 13.5. The van der Waals surface area contributed by atoms with Crippen LogP contribution in [-0.2, 0) is 12.8 Å². The minimum atomic E-state index is 0.411. The summed E-state index contributed by atoms with van der Waals surface area (Å²) in [5, 5.41) is 3.52. The van der Waals surface area contributed by atoms with E-state index in [-0.39, 0.29) is 0 Å². The lowest BCUT2D eigenvalue weighted by Crippen LogP contribution is -2.21. The summed E-state index contributed by atoms with van der Waals surface area (Å²) in [5.74, 6) is 2.87. The summed E-state index contributed by atoms with van der Waals surface area (Å²) in [6, 6.07) is 10.9. The van der Waals surface area contributed by atoms with Crippen LogP contribution in [0.2, 0.25) is 0 Å². The van der Waals surface area contributed by atoms with E-state index in [0.717, 1.165) is 24.5 Å². The monoisotopic (exact) mass is 266 g/mol. The number of nitrogen functional groups attached to an aromatic ring is 1. The Bertz CT molecular complexity index is 624. The van der Waals surface area contributed by atoms with Gasteiger partial charge in [-0.15, -0.1) is 0 Å². The lowest BCUT2D eigenvalue weighted by atomic mass is 10.1. The molecule has 2 aliphatic carbocycles. The molecule has 0 amide bonds. The molecular formula is C16H18N4. The molecule has 0 unspecified atom stereocenters. The van der Waals surface area contributed by atoms with Crippen LogP contribution >= 0.6 is 0 Å². The van der Waals surface area contributed by atoms with E-state index in [1.165, 1.54) is 24.0 Å². The molecule has 2 aliphatic rings. The molecule has 0 aliphatic heterocycles. The molecular weight excluding hydrogens is 248 g/mol. The number of rotatable bonds is 3. The van der Waals surface area contributed by atoms with Crippen LogP contribution in [0, 0.1) is 0 Å². The van der Waals surface area contributed by atoms with Gasteiger partial charge < -0.3 is 11.1 Å². The van der Waals surface area contributed by atoms with Crippen molar-refractivity contribution < 1.29 is 0 Å². The van der Waals surface area contributed by atoms with E-state index < -0.39 is 0 Å². The summed E-state index contributed by atoms with van der Waals surface area (Å²) in [4.78, 5) is 8.96. The van der Waals surface area contributed by atoms with Crippen molar-refractivity contribution in [1.82, 2.24) is 9.97 Å². The highest BCUT2D eigenvalue weighted by Gasteiger charge is 2.28. The molecule has 4 nitrogen and oxygen atoms in total. The Balaban J connectivity index is 1.53. The van der Waals surface area contributed by atoms with E-state index in [2.05, 4.69) is 39.6 Å². The van der Waals surface area contributed by atoms with Gasteiger partial charge >= 0.3 is 0 Å².